The van der Waals surface area contributed by atoms with E-state index < -0.39 is 39.3 Å². The molecule has 0 fully saturated rings. The van der Waals surface area contributed by atoms with Crippen LogP contribution in [0.4, 0.5) is 13.2 Å². The van der Waals surface area contributed by atoms with E-state index in [2.05, 4.69) is 198 Å². The van der Waals surface area contributed by atoms with E-state index in [9.17, 15) is 18.0 Å². The van der Waals surface area contributed by atoms with Gasteiger partial charge in [-0.1, -0.05) is 182 Å². The number of ether oxygens (including phenoxy) is 2. The molecule has 0 bridgehead atoms. The van der Waals surface area contributed by atoms with Gasteiger partial charge in [-0.15, -0.1) is 12.7 Å². The third kappa shape index (κ3) is 13.3. The summed E-state index contributed by atoms with van der Waals surface area (Å²) in [5.41, 5.74) is -0.999. The molecule has 7 rings (SSSR count). The number of esters is 1. The third-order valence-corrected chi connectivity index (χ3v) is 12.7. The molecule has 56 heavy (non-hydrogen) atoms. The number of halogens is 3. The van der Waals surface area contributed by atoms with Gasteiger partial charge >= 0.3 is 26.6 Å². The van der Waals surface area contributed by atoms with Gasteiger partial charge in [0.05, 0.1) is 6.61 Å². The maximum atomic E-state index is 12.5. The van der Waals surface area contributed by atoms with E-state index in [4.69, 9.17) is 0 Å². The van der Waals surface area contributed by atoms with Crippen molar-refractivity contribution in [3.8, 4) is 5.75 Å². The van der Waals surface area contributed by atoms with Crippen molar-refractivity contribution in [3.63, 3.8) is 0 Å². The maximum Gasteiger partial charge on any atom is 2.00 e. The fourth-order valence-corrected chi connectivity index (χ4v) is 9.99. The molecule has 0 unspecified atom stereocenters. The summed E-state index contributed by atoms with van der Waals surface area (Å²) in [4.78, 5) is 10.9. The predicted octanol–water partition coefficient (Wildman–Crippen LogP) is 9.50. The molecule has 0 aliphatic rings. The number of rotatable bonds is 10. The van der Waals surface area contributed by atoms with Gasteiger partial charge in [-0.2, -0.15) is 31.4 Å². The van der Waals surface area contributed by atoms with Crippen LogP contribution in [0.2, 0.25) is 0 Å². The minimum atomic E-state index is -4.56. The first kappa shape index (κ1) is 43.7. The molecule has 0 atom stereocenters. The van der Waals surface area contributed by atoms with E-state index >= 15 is 0 Å². The van der Waals surface area contributed by atoms with Gasteiger partial charge in [0.15, 0.2) is 0 Å². The minimum Gasteiger partial charge on any atom is -0.650 e. The number of alkyl halides is 3. The summed E-state index contributed by atoms with van der Waals surface area (Å²) in [6.07, 6.45) is -4.56. The Labute approximate surface area is 343 Å². The Hall–Kier alpha value is -5.01. The van der Waals surface area contributed by atoms with Crippen molar-refractivity contribution in [1.82, 2.24) is 0 Å². The summed E-state index contributed by atoms with van der Waals surface area (Å²) in [7, 11) is -0.892. The first-order valence-electron chi connectivity index (χ1n) is 17.5. The molecule has 3 nitrogen and oxygen atoms in total. The van der Waals surface area contributed by atoms with Gasteiger partial charge in [-0.25, -0.2) is 0 Å². The van der Waals surface area contributed by atoms with Crippen LogP contribution in [0.15, 0.2) is 200 Å². The number of hydrogen-bond donors (Lipinski definition) is 0. The van der Waals surface area contributed by atoms with Crippen LogP contribution in [0.1, 0.15) is 12.5 Å². The Bertz CT molecular complexity index is 1820. The molecule has 286 valence electrons. The standard InChI is InChI=1S/2C18H15P.C11H9F3O3.Pd/c2*1-4-10-16(11-5-1)19(17-12-6-2-7-13-17)18-14-8-3-9-15-18;1-2-16-10(15)7-17-9-6-4-3-5-8(9)11(12,13)14;/h2*1-15H;3-5,7H,2H2,1H3;/q;;-2;+2. The van der Waals surface area contributed by atoms with Crippen LogP contribution < -0.4 is 36.6 Å². The topological polar surface area (TPSA) is 35.5 Å². The maximum absolute atomic E-state index is 12.5. The van der Waals surface area contributed by atoms with Crippen molar-refractivity contribution < 1.29 is 47.9 Å². The number of carbonyl (C=O) groups is 1. The molecule has 0 radical (unpaired) electrons. The van der Waals surface area contributed by atoms with E-state index in [1.54, 1.807) is 6.92 Å². The van der Waals surface area contributed by atoms with Gasteiger partial charge in [-0.05, 0) is 65.9 Å². The Kier molecular flexibility index (Phi) is 18.1. The Morgan fingerprint density at radius 3 is 1.11 bits per heavy atom. The molecule has 0 saturated heterocycles. The number of carbonyl (C=O) groups excluding carboxylic acids is 1. The molecule has 9 heteroatoms. The molecular weight excluding hydrogens is 838 g/mol. The summed E-state index contributed by atoms with van der Waals surface area (Å²) < 4.78 is 46.5. The van der Waals surface area contributed by atoms with Gasteiger partial charge in [0, 0.05) is 0 Å². The van der Waals surface area contributed by atoms with Gasteiger partial charge in [-0.3, -0.25) is 4.79 Å². The van der Waals surface area contributed by atoms with Crippen LogP contribution in [0.3, 0.4) is 0 Å². The fraction of sp³-hybridized carbons (Fsp3) is 0.0638. The van der Waals surface area contributed by atoms with E-state index in [1.165, 1.54) is 44.0 Å². The third-order valence-electron chi connectivity index (χ3n) is 7.77. The van der Waals surface area contributed by atoms with Crippen LogP contribution >= 0.6 is 15.8 Å². The molecule has 0 spiro atoms. The molecule has 0 heterocycles. The quantitative estimate of drug-likeness (QED) is 0.0595. The van der Waals surface area contributed by atoms with Gasteiger partial charge in [0.2, 0.25) is 5.97 Å². The minimum absolute atomic E-state index is 0. The SMILES string of the molecule is CCOC(=O)[CH-]Oc1[c-]cccc1C(F)(F)F.[Pd+2].c1ccc(P(c2ccccc2)c2ccccc2)cc1.c1ccc(P(c2ccccc2)c2ccccc2)cc1. The van der Waals surface area contributed by atoms with E-state index in [0.717, 1.165) is 6.07 Å². The smallest absolute Gasteiger partial charge is 0.650 e. The first-order valence-corrected chi connectivity index (χ1v) is 20.2. The van der Waals surface area contributed by atoms with Crippen molar-refractivity contribution in [2.24, 2.45) is 0 Å². The zero-order chi connectivity index (χ0) is 38.7. The van der Waals surface area contributed by atoms with E-state index in [0.29, 0.717) is 6.61 Å². The van der Waals surface area contributed by atoms with Crippen molar-refractivity contribution in [1.29, 1.82) is 0 Å². The largest absolute Gasteiger partial charge is 2.00 e. The molecule has 7 aromatic rings. The molecule has 0 amide bonds. The van der Waals surface area contributed by atoms with Gasteiger partial charge in [0.25, 0.3) is 0 Å². The molecule has 0 aliphatic carbocycles. The zero-order valence-corrected chi connectivity index (χ0v) is 33.7. The van der Waals surface area contributed by atoms with Gasteiger partial charge in [0.1, 0.15) is 0 Å². The number of benzene rings is 7. The van der Waals surface area contributed by atoms with Crippen molar-refractivity contribution >= 4 is 53.6 Å². The summed E-state index contributed by atoms with van der Waals surface area (Å²) in [5.74, 6) is -1.41. The molecule has 0 aromatic heterocycles. The van der Waals surface area contributed by atoms with Crippen molar-refractivity contribution in [3.05, 3.63) is 218 Å². The normalized spacial score (nSPS) is 10.5. The summed E-state index contributed by atoms with van der Waals surface area (Å²) in [6, 6.07) is 70.2. The summed E-state index contributed by atoms with van der Waals surface area (Å²) in [5, 5.41) is 8.39. The molecular formula is C47H39F3O3P2Pd. The second-order valence-electron chi connectivity index (χ2n) is 11.6. The molecule has 0 aliphatic heterocycles. The van der Waals surface area contributed by atoms with Crippen molar-refractivity contribution in [2.45, 2.75) is 13.1 Å². The summed E-state index contributed by atoms with van der Waals surface area (Å²) >= 11 is 0. The number of hydrogen-bond acceptors (Lipinski definition) is 3. The zero-order valence-electron chi connectivity index (χ0n) is 30.4. The van der Waals surface area contributed by atoms with E-state index in [1.807, 2.05) is 0 Å². The summed E-state index contributed by atoms with van der Waals surface area (Å²) in [6.45, 7) is 2.26. The molecule has 0 saturated carbocycles. The first-order chi connectivity index (χ1) is 26.8. The van der Waals surface area contributed by atoms with Crippen LogP contribution in [-0.4, -0.2) is 12.6 Å². The predicted molar refractivity (Wildman–Crippen MR) is 222 cm³/mol. The monoisotopic (exact) mass is 876 g/mol. The Morgan fingerprint density at radius 2 is 0.839 bits per heavy atom. The molecule has 0 N–H and O–H groups in total. The van der Waals surface area contributed by atoms with Crippen LogP contribution in [0.5, 0.6) is 5.75 Å². The van der Waals surface area contributed by atoms with E-state index in [-0.39, 0.29) is 27.0 Å². The Morgan fingerprint density at radius 1 is 0.536 bits per heavy atom. The second kappa shape index (κ2) is 23.2. The van der Waals surface area contributed by atoms with Crippen LogP contribution in [0.25, 0.3) is 0 Å². The second-order valence-corrected chi connectivity index (χ2v) is 16.0. The average Bonchev–Trinajstić information content (AvgIpc) is 3.23. The average molecular weight is 877 g/mol. The number of para-hydroxylation sites is 1. The molecule has 7 aromatic carbocycles. The van der Waals surface area contributed by atoms with Crippen LogP contribution in [0, 0.1) is 12.7 Å². The van der Waals surface area contributed by atoms with Gasteiger partial charge < -0.3 is 9.47 Å². The fourth-order valence-electron chi connectivity index (χ4n) is 5.38. The van der Waals surface area contributed by atoms with Crippen molar-refractivity contribution in [2.75, 3.05) is 6.61 Å². The van der Waals surface area contributed by atoms with Crippen LogP contribution in [-0.2, 0) is 36.1 Å². The Balaban J connectivity index is 0.000000185.